The Kier molecular flexibility index (Phi) is 13.0. The lowest BCUT2D eigenvalue weighted by Crippen LogP contribution is -2.59. The van der Waals surface area contributed by atoms with Crippen molar-refractivity contribution in [3.8, 4) is 45.0 Å². The molecule has 6 nitrogen and oxygen atoms in total. The van der Waals surface area contributed by atoms with E-state index in [1.54, 1.807) is 0 Å². The van der Waals surface area contributed by atoms with E-state index in [2.05, 4.69) is 416 Å². The molecular formula is C109H64B2N6S2. The van der Waals surface area contributed by atoms with Crippen LogP contribution in [-0.2, 0) is 5.41 Å². The van der Waals surface area contributed by atoms with Crippen molar-refractivity contribution >= 4 is 191 Å². The maximum Gasteiger partial charge on any atom is 0.249 e. The van der Waals surface area contributed by atoms with Crippen molar-refractivity contribution in [1.82, 2.24) is 18.3 Å². The van der Waals surface area contributed by atoms with Crippen molar-refractivity contribution in [2.75, 3.05) is 9.80 Å². The third-order valence-corrected chi connectivity index (χ3v) is 29.4. The minimum absolute atomic E-state index is 0.0829. The van der Waals surface area contributed by atoms with E-state index >= 15 is 0 Å². The molecule has 548 valence electrons. The maximum absolute atomic E-state index is 2.68. The molecule has 119 heavy (non-hydrogen) atoms. The Morgan fingerprint density at radius 3 is 0.941 bits per heavy atom. The molecule has 2 aliphatic carbocycles. The molecule has 0 unspecified atom stereocenters. The summed E-state index contributed by atoms with van der Waals surface area (Å²) >= 11 is 3.92. The molecule has 4 aromatic heterocycles. The minimum atomic E-state index is -0.668. The van der Waals surface area contributed by atoms with Gasteiger partial charge in [0, 0.05) is 131 Å². The fourth-order valence-electron chi connectivity index (χ4n) is 22.6. The van der Waals surface area contributed by atoms with Gasteiger partial charge in [-0.1, -0.05) is 277 Å². The topological polar surface area (TPSA) is 26.2 Å². The van der Waals surface area contributed by atoms with Crippen LogP contribution in [0.3, 0.4) is 0 Å². The summed E-state index contributed by atoms with van der Waals surface area (Å²) in [6, 6.07) is 148. The van der Waals surface area contributed by atoms with E-state index in [9.17, 15) is 0 Å². The van der Waals surface area contributed by atoms with E-state index in [1.807, 2.05) is 23.5 Å². The van der Waals surface area contributed by atoms with Crippen LogP contribution in [0.1, 0.15) is 22.3 Å². The van der Waals surface area contributed by atoms with E-state index < -0.39 is 5.41 Å². The van der Waals surface area contributed by atoms with Gasteiger partial charge in [0.1, 0.15) is 0 Å². The summed E-state index contributed by atoms with van der Waals surface area (Å²) in [5, 5.41) is 10.0. The predicted molar refractivity (Wildman–Crippen MR) is 500 cm³/mol. The molecule has 0 saturated carbocycles. The first-order chi connectivity index (χ1) is 59.1. The van der Waals surface area contributed by atoms with Gasteiger partial charge in [0.15, 0.2) is 0 Å². The molecule has 0 saturated heterocycles. The molecule has 0 N–H and O–H groups in total. The zero-order chi connectivity index (χ0) is 77.2. The Balaban J connectivity index is 0.671. The van der Waals surface area contributed by atoms with E-state index in [1.165, 1.54) is 195 Å². The molecule has 0 amide bonds. The first-order valence-electron chi connectivity index (χ1n) is 41.3. The van der Waals surface area contributed by atoms with Gasteiger partial charge in [0.25, 0.3) is 0 Å². The van der Waals surface area contributed by atoms with Crippen molar-refractivity contribution in [3.05, 3.63) is 411 Å². The fraction of sp³-hybridized carbons (Fsp3) is 0.00917. The average Bonchev–Trinajstić information content (AvgIpc) is 1.50. The molecule has 0 radical (unpaired) electrons. The minimum Gasteiger partial charge on any atom is -0.310 e. The smallest absolute Gasteiger partial charge is 0.249 e. The Hall–Kier alpha value is -14.4. The van der Waals surface area contributed by atoms with Crippen molar-refractivity contribution in [1.29, 1.82) is 0 Å². The van der Waals surface area contributed by atoms with Gasteiger partial charge in [-0.2, -0.15) is 0 Å². The predicted octanol–water partition coefficient (Wildman–Crippen LogP) is 23.9. The van der Waals surface area contributed by atoms with Gasteiger partial charge in [-0.15, -0.1) is 0 Å². The highest BCUT2D eigenvalue weighted by Crippen LogP contribution is 2.64. The zero-order valence-electron chi connectivity index (χ0n) is 64.1. The summed E-state index contributed by atoms with van der Waals surface area (Å²) in [5.41, 5.74) is 39.0. The van der Waals surface area contributed by atoms with Crippen LogP contribution in [0.2, 0.25) is 0 Å². The lowest BCUT2D eigenvalue weighted by atomic mass is 9.35. The number of nitrogens with zero attached hydrogens (tertiary/aromatic N) is 6. The number of para-hydroxylation sites is 10. The second-order valence-electron chi connectivity index (χ2n) is 32.8. The molecule has 8 heterocycles. The number of hydrogen-bond acceptors (Lipinski definition) is 4. The van der Waals surface area contributed by atoms with Crippen LogP contribution in [0.25, 0.3) is 132 Å². The summed E-state index contributed by atoms with van der Waals surface area (Å²) in [5.74, 6) is 0. The van der Waals surface area contributed by atoms with Crippen LogP contribution in [0.4, 0.5) is 34.1 Å². The van der Waals surface area contributed by atoms with Crippen LogP contribution in [-0.4, -0.2) is 31.7 Å². The molecule has 22 aromatic rings. The number of aromatic nitrogens is 4. The maximum atomic E-state index is 2.68. The standard InChI is InChI=1S/C109H64B2N6S2/c1-5-27-65(28-6-1)112(66-29-7-2-8-30-66)71-57-99-105-103(59-71)118-101-63-87-81(61-91(101)110(105)89-45-25-41-79-83-55-69(51-53-97(83)116(99)107(79)89)114-93-47-21-15-37-75(93)76-38-16-22-48-94(76)114)73-35-13-19-43-85(73)109(87)86-44-20-14-36-74(86)82-62-92-102(64-88(82)109)119-104-60-72(113(67-31-9-3-10-32-67)68-33-11-4-12-34-68)58-100-106(104)111(92)90-46-26-42-80-84-56-70(52-54-98(84)117(100)108(80)90)115-95-49-23-17-39-77(95)78-40-18-24-50-96(78)115/h1-64H. The molecule has 28 rings (SSSR count). The van der Waals surface area contributed by atoms with E-state index in [0.29, 0.717) is 0 Å². The molecule has 6 aliphatic rings. The first kappa shape index (κ1) is 64.8. The Morgan fingerprint density at radius 2 is 0.555 bits per heavy atom. The van der Waals surface area contributed by atoms with Crippen molar-refractivity contribution in [2.45, 2.75) is 25.0 Å². The molecule has 18 aromatic carbocycles. The van der Waals surface area contributed by atoms with E-state index in [4.69, 9.17) is 0 Å². The fourth-order valence-corrected chi connectivity index (χ4v) is 25.1. The highest BCUT2D eigenvalue weighted by Gasteiger charge is 2.55. The molecule has 0 atom stereocenters. The first-order valence-corrected chi connectivity index (χ1v) is 42.9. The van der Waals surface area contributed by atoms with Crippen LogP contribution >= 0.6 is 23.5 Å². The molecular weight excluding hydrogens is 1480 g/mol. The average molecular weight is 1540 g/mol. The summed E-state index contributed by atoms with van der Waals surface area (Å²) in [7, 11) is 0. The Morgan fingerprint density at radius 1 is 0.218 bits per heavy atom. The summed E-state index contributed by atoms with van der Waals surface area (Å²) in [4.78, 5) is 10.0. The van der Waals surface area contributed by atoms with Crippen molar-refractivity contribution in [3.63, 3.8) is 0 Å². The molecule has 4 aliphatic heterocycles. The lowest BCUT2D eigenvalue weighted by molar-refractivity contribution is 0.789. The van der Waals surface area contributed by atoms with Crippen LogP contribution in [0, 0.1) is 0 Å². The van der Waals surface area contributed by atoms with Gasteiger partial charge in [-0.05, 0) is 212 Å². The molecule has 0 fully saturated rings. The lowest BCUT2D eigenvalue weighted by Gasteiger charge is -2.37. The number of benzene rings is 18. The molecule has 1 spiro atoms. The highest BCUT2D eigenvalue weighted by molar-refractivity contribution is 8.00. The second kappa shape index (κ2) is 23.9. The highest BCUT2D eigenvalue weighted by atomic mass is 32.2. The van der Waals surface area contributed by atoms with Gasteiger partial charge >= 0.3 is 0 Å². The third-order valence-electron chi connectivity index (χ3n) is 27.2. The van der Waals surface area contributed by atoms with Crippen LogP contribution in [0.15, 0.2) is 408 Å². The monoisotopic (exact) mass is 1540 g/mol. The number of rotatable bonds is 8. The van der Waals surface area contributed by atoms with Gasteiger partial charge < -0.3 is 28.1 Å². The van der Waals surface area contributed by atoms with Gasteiger partial charge in [-0.3, -0.25) is 0 Å². The van der Waals surface area contributed by atoms with E-state index in [-0.39, 0.29) is 13.4 Å². The van der Waals surface area contributed by atoms with Gasteiger partial charge in [0.2, 0.25) is 13.4 Å². The Bertz CT molecular complexity index is 7620. The zero-order valence-corrected chi connectivity index (χ0v) is 65.7. The normalized spacial score (nSPS) is 13.7. The number of hydrogen-bond donors (Lipinski definition) is 0. The summed E-state index contributed by atoms with van der Waals surface area (Å²) in [6.45, 7) is -0.166. The summed E-state index contributed by atoms with van der Waals surface area (Å²) < 4.78 is 10.2. The quantitative estimate of drug-likeness (QED) is 0.142. The largest absolute Gasteiger partial charge is 0.310 e. The second-order valence-corrected chi connectivity index (χ2v) is 35.0. The van der Waals surface area contributed by atoms with E-state index in [0.717, 1.165) is 45.5 Å². The summed E-state index contributed by atoms with van der Waals surface area (Å²) in [6.07, 6.45) is 0. The Labute approximate surface area is 694 Å². The van der Waals surface area contributed by atoms with Crippen LogP contribution in [0.5, 0.6) is 0 Å². The molecule has 0 bridgehead atoms. The van der Waals surface area contributed by atoms with Gasteiger partial charge in [-0.25, -0.2) is 0 Å². The van der Waals surface area contributed by atoms with Crippen LogP contribution < -0.4 is 42.6 Å². The van der Waals surface area contributed by atoms with Gasteiger partial charge in [0.05, 0.1) is 38.5 Å². The SMILES string of the molecule is c1ccc(N(c2ccccc2)c2cc3c4c(c2)-n2c5ccc(-n6c7ccccc7c7ccccc76)cc5c5cccc(c52)B4c2cc4c(cc2S3)C2(c3ccccc3-4)c3ccccc3-c3cc4c(cc32)Sc2cc(N(c3ccccc3)c3ccccc3)cc3c2B4c2cccc4c5cc(-n6c7ccccc7c7ccccc76)ccc5n-3c24)cc1. The third kappa shape index (κ3) is 8.55. The van der Waals surface area contributed by atoms with Crippen molar-refractivity contribution in [2.24, 2.45) is 0 Å². The number of anilines is 6. The number of fused-ring (bicyclic) bond motifs is 30. The van der Waals surface area contributed by atoms with Crippen molar-refractivity contribution < 1.29 is 0 Å². The molecule has 10 heteroatoms.